The lowest BCUT2D eigenvalue weighted by Crippen LogP contribution is -2.25. The van der Waals surface area contributed by atoms with Gasteiger partial charge in [-0.05, 0) is 25.5 Å². The van der Waals surface area contributed by atoms with Crippen molar-refractivity contribution in [2.75, 3.05) is 24.7 Å². The summed E-state index contributed by atoms with van der Waals surface area (Å²) in [5.41, 5.74) is 5.78. The minimum atomic E-state index is -3.53. The predicted molar refractivity (Wildman–Crippen MR) is 133 cm³/mol. The predicted octanol–water partition coefficient (Wildman–Crippen LogP) is 5.14. The first kappa shape index (κ1) is 22.6. The molecule has 0 radical (unpaired) electrons. The minimum Gasteiger partial charge on any atom is -0.455 e. The van der Waals surface area contributed by atoms with E-state index in [0.29, 0.717) is 33.5 Å². The molecule has 0 saturated heterocycles. The number of benzene rings is 3. The largest absolute Gasteiger partial charge is 0.455 e. The van der Waals surface area contributed by atoms with Gasteiger partial charge in [0, 0.05) is 36.7 Å². The van der Waals surface area contributed by atoms with Gasteiger partial charge in [0.2, 0.25) is 10.0 Å². The van der Waals surface area contributed by atoms with E-state index in [-0.39, 0.29) is 5.91 Å². The number of hydrogen-bond donors (Lipinski definition) is 1. The minimum absolute atomic E-state index is 0.274. The number of aryl methyl sites for hydroxylation is 2. The van der Waals surface area contributed by atoms with Crippen molar-refractivity contribution in [2.24, 2.45) is 0 Å². The molecule has 0 fully saturated rings. The van der Waals surface area contributed by atoms with Gasteiger partial charge in [0.25, 0.3) is 5.91 Å². The molecule has 0 aliphatic heterocycles. The van der Waals surface area contributed by atoms with Crippen molar-refractivity contribution < 1.29 is 17.6 Å². The Morgan fingerprint density at radius 2 is 1.64 bits per heavy atom. The summed E-state index contributed by atoms with van der Waals surface area (Å²) in [6, 6.07) is 19.1. The molecule has 0 aliphatic carbocycles. The molecule has 1 aromatic heterocycles. The second-order valence-electron chi connectivity index (χ2n) is 8.22. The smallest absolute Gasteiger partial charge is 0.255 e. The Labute approximate surface area is 193 Å². The van der Waals surface area contributed by atoms with Gasteiger partial charge in [0.15, 0.2) is 0 Å². The monoisotopic (exact) mass is 462 g/mol. The lowest BCUT2D eigenvalue weighted by Gasteiger charge is -2.21. The number of nitrogens with zero attached hydrogens (tertiary/aromatic N) is 1. The summed E-state index contributed by atoms with van der Waals surface area (Å²) < 4.78 is 32.3. The van der Waals surface area contributed by atoms with E-state index in [1.165, 1.54) is 11.4 Å². The van der Waals surface area contributed by atoms with Gasteiger partial charge in [-0.15, -0.1) is 0 Å². The van der Waals surface area contributed by atoms with Crippen molar-refractivity contribution in [1.29, 1.82) is 0 Å². The molecule has 4 rings (SSSR count). The van der Waals surface area contributed by atoms with Crippen molar-refractivity contribution >= 4 is 32.6 Å². The number of nitrogens with one attached hydrogen (secondary N) is 1. The molecule has 1 heterocycles. The molecule has 0 spiro atoms. The molecular formula is C26H26N2O4S. The van der Waals surface area contributed by atoms with Gasteiger partial charge in [-0.1, -0.05) is 59.7 Å². The zero-order valence-corrected chi connectivity index (χ0v) is 20.1. The van der Waals surface area contributed by atoms with Gasteiger partial charge >= 0.3 is 0 Å². The molecule has 3 aromatic carbocycles. The molecule has 0 aliphatic rings. The Hall–Kier alpha value is -3.58. The van der Waals surface area contributed by atoms with Gasteiger partial charge in [-0.2, -0.15) is 0 Å². The highest BCUT2D eigenvalue weighted by Gasteiger charge is 2.25. The quantitative estimate of drug-likeness (QED) is 0.445. The highest BCUT2D eigenvalue weighted by molar-refractivity contribution is 7.92. The third kappa shape index (κ3) is 4.24. The molecule has 7 heteroatoms. The van der Waals surface area contributed by atoms with E-state index < -0.39 is 10.0 Å². The van der Waals surface area contributed by atoms with Crippen molar-refractivity contribution in [1.82, 2.24) is 5.32 Å². The van der Waals surface area contributed by atoms with E-state index in [2.05, 4.69) is 5.32 Å². The van der Waals surface area contributed by atoms with Crippen LogP contribution in [0.4, 0.5) is 5.69 Å². The molecule has 0 atom stereocenters. The van der Waals surface area contributed by atoms with Crippen molar-refractivity contribution in [3.8, 4) is 22.5 Å². The van der Waals surface area contributed by atoms with Crippen LogP contribution in [-0.4, -0.2) is 34.7 Å². The topological polar surface area (TPSA) is 79.6 Å². The summed E-state index contributed by atoms with van der Waals surface area (Å²) in [6.45, 7) is 3.97. The number of carbonyl (C=O) groups excluding carboxylic acids is 1. The molecular weight excluding hydrogens is 436 g/mol. The van der Waals surface area contributed by atoms with Crippen LogP contribution in [0.1, 0.15) is 21.5 Å². The third-order valence-electron chi connectivity index (χ3n) is 5.74. The molecule has 0 saturated carbocycles. The number of sulfonamides is 1. The normalized spacial score (nSPS) is 11.5. The van der Waals surface area contributed by atoms with E-state index in [1.807, 2.05) is 68.4 Å². The van der Waals surface area contributed by atoms with Gasteiger partial charge in [-0.25, -0.2) is 8.42 Å². The maximum Gasteiger partial charge on any atom is 0.255 e. The average Bonchev–Trinajstić information content (AvgIpc) is 3.15. The Morgan fingerprint density at radius 3 is 2.24 bits per heavy atom. The van der Waals surface area contributed by atoms with Gasteiger partial charge < -0.3 is 9.73 Å². The van der Waals surface area contributed by atoms with E-state index in [1.54, 1.807) is 13.1 Å². The van der Waals surface area contributed by atoms with E-state index in [0.717, 1.165) is 28.5 Å². The molecule has 170 valence electrons. The summed E-state index contributed by atoms with van der Waals surface area (Å²) in [6.07, 6.45) is 1.16. The first-order valence-electron chi connectivity index (χ1n) is 10.5. The highest BCUT2D eigenvalue weighted by Crippen LogP contribution is 2.41. The molecule has 1 N–H and O–H groups in total. The van der Waals surface area contributed by atoms with E-state index in [9.17, 15) is 13.2 Å². The van der Waals surface area contributed by atoms with Gasteiger partial charge in [0.05, 0.1) is 17.5 Å². The van der Waals surface area contributed by atoms with E-state index >= 15 is 0 Å². The average molecular weight is 463 g/mol. The number of hydrogen-bond acceptors (Lipinski definition) is 4. The van der Waals surface area contributed by atoms with Crippen LogP contribution in [0.25, 0.3) is 33.4 Å². The van der Waals surface area contributed by atoms with Crippen molar-refractivity contribution in [3.63, 3.8) is 0 Å². The standard InChI is InChI=1S/C26H26N2O4S/c1-16-9-11-18(12-10-16)25-24(26(29)27-3)21-14-20(19-8-6-7-17(2)13-19)22(15-23(21)32-25)28(4)33(5,30)31/h6-15H,1-5H3,(H,27,29). The Kier molecular flexibility index (Phi) is 5.76. The van der Waals surface area contributed by atoms with Crippen LogP contribution in [0, 0.1) is 13.8 Å². The van der Waals surface area contributed by atoms with Crippen LogP contribution in [0.15, 0.2) is 65.1 Å². The number of rotatable bonds is 5. The van der Waals surface area contributed by atoms with Crippen LogP contribution in [0.5, 0.6) is 0 Å². The maximum atomic E-state index is 13.0. The second kappa shape index (κ2) is 8.41. The zero-order chi connectivity index (χ0) is 23.9. The summed E-state index contributed by atoms with van der Waals surface area (Å²) in [5.74, 6) is 0.169. The maximum absolute atomic E-state index is 13.0. The van der Waals surface area contributed by atoms with Crippen LogP contribution in [0.2, 0.25) is 0 Å². The molecule has 4 aromatic rings. The first-order valence-corrected chi connectivity index (χ1v) is 12.4. The van der Waals surface area contributed by atoms with Gasteiger partial charge in [-0.3, -0.25) is 9.10 Å². The van der Waals surface area contributed by atoms with Crippen LogP contribution in [-0.2, 0) is 10.0 Å². The molecule has 1 amide bonds. The summed E-state index contributed by atoms with van der Waals surface area (Å²) in [4.78, 5) is 13.0. The fourth-order valence-electron chi connectivity index (χ4n) is 3.87. The van der Waals surface area contributed by atoms with Crippen LogP contribution in [0.3, 0.4) is 0 Å². The highest BCUT2D eigenvalue weighted by atomic mass is 32.2. The van der Waals surface area contributed by atoms with Crippen molar-refractivity contribution in [3.05, 3.63) is 77.4 Å². The van der Waals surface area contributed by atoms with E-state index in [4.69, 9.17) is 4.42 Å². The summed E-state index contributed by atoms with van der Waals surface area (Å²) in [5, 5.41) is 3.32. The fourth-order valence-corrected chi connectivity index (χ4v) is 4.38. The summed E-state index contributed by atoms with van der Waals surface area (Å²) in [7, 11) is -0.444. The molecule has 6 nitrogen and oxygen atoms in total. The second-order valence-corrected chi connectivity index (χ2v) is 10.2. The SMILES string of the molecule is CNC(=O)c1c(-c2ccc(C)cc2)oc2cc(N(C)S(C)(=O)=O)c(-c3cccc(C)c3)cc12. The number of furan rings is 1. The number of carbonyl (C=O) groups is 1. The Balaban J connectivity index is 2.09. The number of anilines is 1. The Morgan fingerprint density at radius 1 is 0.939 bits per heavy atom. The van der Waals surface area contributed by atoms with Crippen molar-refractivity contribution in [2.45, 2.75) is 13.8 Å². The molecule has 0 unspecified atom stereocenters. The number of fused-ring (bicyclic) bond motifs is 1. The zero-order valence-electron chi connectivity index (χ0n) is 19.3. The molecule has 0 bridgehead atoms. The van der Waals surface area contributed by atoms with Gasteiger partial charge in [0.1, 0.15) is 11.3 Å². The lowest BCUT2D eigenvalue weighted by atomic mass is 9.97. The first-order chi connectivity index (χ1) is 15.6. The van der Waals surface area contributed by atoms with Crippen LogP contribution < -0.4 is 9.62 Å². The number of amides is 1. The third-order valence-corrected chi connectivity index (χ3v) is 6.93. The summed E-state index contributed by atoms with van der Waals surface area (Å²) >= 11 is 0. The Bertz CT molecular complexity index is 1470. The fraction of sp³-hybridized carbons (Fsp3) is 0.192. The molecule has 33 heavy (non-hydrogen) atoms. The van der Waals surface area contributed by atoms with Crippen LogP contribution >= 0.6 is 0 Å². The lowest BCUT2D eigenvalue weighted by molar-refractivity contribution is 0.0964.